The summed E-state index contributed by atoms with van der Waals surface area (Å²) in [4.78, 5) is 40.0. The van der Waals surface area contributed by atoms with Gasteiger partial charge in [-0.1, -0.05) is 45.0 Å². The number of hydrogen-bond donors (Lipinski definition) is 2. The van der Waals surface area contributed by atoms with Crippen LogP contribution in [0.5, 0.6) is 11.5 Å². The minimum Gasteiger partial charge on any atom is -0.454 e. The minimum absolute atomic E-state index is 0.0958. The highest BCUT2D eigenvalue weighted by Crippen LogP contribution is 2.38. The smallest absolute Gasteiger partial charge is 0.325 e. The molecule has 10 heteroatoms. The fraction of sp³-hybridized carbons (Fsp3) is 0.308. The van der Waals surface area contributed by atoms with E-state index in [1.54, 1.807) is 35.9 Å². The number of aromatic nitrogens is 2. The number of rotatable bonds is 5. The normalized spacial score (nSPS) is 18.9. The Morgan fingerprint density at radius 3 is 2.53 bits per heavy atom. The minimum atomic E-state index is -1.34. The van der Waals surface area contributed by atoms with Gasteiger partial charge < -0.3 is 20.1 Å². The highest BCUT2D eigenvalue weighted by atomic mass is 16.7. The lowest BCUT2D eigenvalue weighted by Gasteiger charge is -2.22. The zero-order valence-corrected chi connectivity index (χ0v) is 20.5. The maximum Gasteiger partial charge on any atom is 0.325 e. The van der Waals surface area contributed by atoms with E-state index in [1.807, 2.05) is 51.1 Å². The molecule has 2 aromatic carbocycles. The van der Waals surface area contributed by atoms with Gasteiger partial charge in [-0.2, -0.15) is 5.10 Å². The lowest BCUT2D eigenvalue weighted by atomic mass is 9.91. The summed E-state index contributed by atoms with van der Waals surface area (Å²) in [5.74, 6) is 0.456. The van der Waals surface area contributed by atoms with Crippen LogP contribution < -0.4 is 20.1 Å². The Morgan fingerprint density at radius 2 is 1.81 bits per heavy atom. The molecule has 5 rings (SSSR count). The summed E-state index contributed by atoms with van der Waals surface area (Å²) in [6.45, 7) is 7.33. The van der Waals surface area contributed by atoms with Crippen molar-refractivity contribution in [3.05, 3.63) is 65.9 Å². The SMILES string of the molecule is CC(C)(C)c1cc(NC(=O)CN2C(=O)NC(C)(c3ccc4c(c3)OCO4)C2=O)n(-c2ccccc2)n1. The van der Waals surface area contributed by atoms with Crippen LogP contribution >= 0.6 is 0 Å². The van der Waals surface area contributed by atoms with Crippen molar-refractivity contribution in [1.29, 1.82) is 0 Å². The van der Waals surface area contributed by atoms with Crippen molar-refractivity contribution < 1.29 is 23.9 Å². The van der Waals surface area contributed by atoms with Crippen LogP contribution in [-0.4, -0.2) is 45.9 Å². The van der Waals surface area contributed by atoms with E-state index in [2.05, 4.69) is 15.7 Å². The van der Waals surface area contributed by atoms with E-state index in [0.717, 1.165) is 16.3 Å². The van der Waals surface area contributed by atoms with Crippen LogP contribution in [-0.2, 0) is 20.5 Å². The second-order valence-corrected chi connectivity index (χ2v) is 9.97. The van der Waals surface area contributed by atoms with Gasteiger partial charge >= 0.3 is 6.03 Å². The molecular formula is C26H27N5O5. The third-order valence-corrected chi connectivity index (χ3v) is 6.27. The Kier molecular flexibility index (Phi) is 5.46. The number of carbonyl (C=O) groups is 3. The van der Waals surface area contributed by atoms with E-state index in [0.29, 0.717) is 22.9 Å². The number of benzene rings is 2. The second-order valence-electron chi connectivity index (χ2n) is 9.97. The van der Waals surface area contributed by atoms with Crippen LogP contribution in [0, 0.1) is 0 Å². The predicted octanol–water partition coefficient (Wildman–Crippen LogP) is 3.30. The lowest BCUT2D eigenvalue weighted by molar-refractivity contribution is -0.133. The van der Waals surface area contributed by atoms with Crippen molar-refractivity contribution in [3.63, 3.8) is 0 Å². The predicted molar refractivity (Wildman–Crippen MR) is 131 cm³/mol. The number of nitrogens with one attached hydrogen (secondary N) is 2. The number of carbonyl (C=O) groups excluding carboxylic acids is 3. The topological polar surface area (TPSA) is 115 Å². The summed E-state index contributed by atoms with van der Waals surface area (Å²) < 4.78 is 12.4. The first-order valence-corrected chi connectivity index (χ1v) is 11.6. The van der Waals surface area contributed by atoms with Crippen molar-refractivity contribution in [3.8, 4) is 17.2 Å². The van der Waals surface area contributed by atoms with Crippen LogP contribution in [0.25, 0.3) is 5.69 Å². The molecule has 186 valence electrons. The standard InChI is InChI=1S/C26H27N5O5/c1-25(2,3)20-13-21(31(29-20)17-8-6-5-7-9-17)27-22(32)14-30-23(33)26(4,28-24(30)34)16-10-11-18-19(12-16)36-15-35-18/h5-13H,14-15H2,1-4H3,(H,27,32)(H,28,34). The van der Waals surface area contributed by atoms with Crippen molar-refractivity contribution >= 4 is 23.7 Å². The van der Waals surface area contributed by atoms with Crippen molar-refractivity contribution in [2.75, 3.05) is 18.7 Å². The molecule has 4 amide bonds. The number of urea groups is 1. The van der Waals surface area contributed by atoms with E-state index in [9.17, 15) is 14.4 Å². The number of nitrogens with zero attached hydrogens (tertiary/aromatic N) is 3. The molecule has 0 spiro atoms. The average molecular weight is 490 g/mol. The van der Waals surface area contributed by atoms with Gasteiger partial charge in [0, 0.05) is 11.5 Å². The molecule has 3 aromatic rings. The zero-order chi connectivity index (χ0) is 25.7. The highest BCUT2D eigenvalue weighted by Gasteiger charge is 2.50. The molecule has 0 radical (unpaired) electrons. The maximum atomic E-state index is 13.3. The van der Waals surface area contributed by atoms with Gasteiger partial charge in [0.2, 0.25) is 12.7 Å². The van der Waals surface area contributed by atoms with Gasteiger partial charge in [0.05, 0.1) is 11.4 Å². The van der Waals surface area contributed by atoms with Gasteiger partial charge in [-0.25, -0.2) is 9.48 Å². The molecule has 2 N–H and O–H groups in total. The quantitative estimate of drug-likeness (QED) is 0.532. The molecule has 2 aliphatic heterocycles. The number of hydrogen-bond acceptors (Lipinski definition) is 6. The van der Waals surface area contributed by atoms with E-state index in [1.165, 1.54) is 0 Å². The van der Waals surface area contributed by atoms with Crippen molar-refractivity contribution in [2.45, 2.75) is 38.6 Å². The highest BCUT2D eigenvalue weighted by molar-refractivity contribution is 6.10. The number of imide groups is 1. The molecule has 1 unspecified atom stereocenters. The summed E-state index contributed by atoms with van der Waals surface area (Å²) in [6.07, 6.45) is 0. The fourth-order valence-corrected chi connectivity index (χ4v) is 4.17. The van der Waals surface area contributed by atoms with Crippen LogP contribution in [0.4, 0.5) is 10.6 Å². The number of anilines is 1. The lowest BCUT2D eigenvalue weighted by Crippen LogP contribution is -2.42. The monoisotopic (exact) mass is 489 g/mol. The third-order valence-electron chi connectivity index (χ3n) is 6.27. The third kappa shape index (κ3) is 4.04. The van der Waals surface area contributed by atoms with Crippen LogP contribution in [0.2, 0.25) is 0 Å². The van der Waals surface area contributed by atoms with Gasteiger partial charge in [-0.15, -0.1) is 0 Å². The maximum absolute atomic E-state index is 13.3. The van der Waals surface area contributed by atoms with E-state index < -0.39 is 29.9 Å². The van der Waals surface area contributed by atoms with E-state index >= 15 is 0 Å². The molecule has 0 bridgehead atoms. The Labute approximate surface area is 208 Å². The van der Waals surface area contributed by atoms with Gasteiger partial charge in [-0.05, 0) is 36.8 Å². The first-order chi connectivity index (χ1) is 17.1. The van der Waals surface area contributed by atoms with E-state index in [4.69, 9.17) is 9.47 Å². The Bertz CT molecular complexity index is 1360. The summed E-state index contributed by atoms with van der Waals surface area (Å²) in [6, 6.07) is 15.6. The zero-order valence-electron chi connectivity index (χ0n) is 20.5. The Morgan fingerprint density at radius 1 is 1.08 bits per heavy atom. The Balaban J connectivity index is 1.37. The number of ether oxygens (including phenoxy) is 2. The van der Waals surface area contributed by atoms with Gasteiger partial charge in [-0.3, -0.25) is 14.5 Å². The average Bonchev–Trinajstić information content (AvgIpc) is 3.53. The molecule has 0 aliphatic carbocycles. The van der Waals surface area contributed by atoms with Crippen LogP contribution in [0.1, 0.15) is 39.0 Å². The first-order valence-electron chi connectivity index (χ1n) is 11.6. The number of amides is 4. The molecule has 10 nitrogen and oxygen atoms in total. The summed E-state index contributed by atoms with van der Waals surface area (Å²) >= 11 is 0. The Hall–Kier alpha value is -4.34. The molecule has 1 fully saturated rings. The molecular weight excluding hydrogens is 462 g/mol. The largest absolute Gasteiger partial charge is 0.454 e. The summed E-state index contributed by atoms with van der Waals surface area (Å²) in [7, 11) is 0. The van der Waals surface area contributed by atoms with Gasteiger partial charge in [0.25, 0.3) is 5.91 Å². The molecule has 0 saturated carbocycles. The fourth-order valence-electron chi connectivity index (χ4n) is 4.17. The van der Waals surface area contributed by atoms with Crippen LogP contribution in [0.3, 0.4) is 0 Å². The summed E-state index contributed by atoms with van der Waals surface area (Å²) in [5.41, 5.74) is 0.492. The van der Waals surface area contributed by atoms with Crippen molar-refractivity contribution in [1.82, 2.24) is 20.0 Å². The molecule has 2 aliphatic rings. The van der Waals surface area contributed by atoms with Gasteiger partial charge in [0.1, 0.15) is 17.9 Å². The molecule has 3 heterocycles. The number of fused-ring (bicyclic) bond motifs is 1. The molecule has 1 saturated heterocycles. The summed E-state index contributed by atoms with van der Waals surface area (Å²) in [5, 5.41) is 10.2. The van der Waals surface area contributed by atoms with Gasteiger partial charge in [0.15, 0.2) is 11.5 Å². The first kappa shape index (κ1) is 23.4. The molecule has 1 aromatic heterocycles. The van der Waals surface area contributed by atoms with Crippen LogP contribution in [0.15, 0.2) is 54.6 Å². The molecule has 36 heavy (non-hydrogen) atoms. The number of para-hydroxylation sites is 1. The molecule has 1 atom stereocenters. The van der Waals surface area contributed by atoms with Crippen molar-refractivity contribution in [2.24, 2.45) is 0 Å². The van der Waals surface area contributed by atoms with E-state index in [-0.39, 0.29) is 12.2 Å². The second kappa shape index (κ2) is 8.40.